The van der Waals surface area contributed by atoms with Crippen LogP contribution in [0.2, 0.25) is 0 Å². The largest absolute Gasteiger partial charge is 0.309 e. The number of para-hydroxylation sites is 1. The molecule has 0 fully saturated rings. The highest BCUT2D eigenvalue weighted by Gasteiger charge is 2.46. The van der Waals surface area contributed by atoms with Crippen molar-refractivity contribution in [1.29, 1.82) is 0 Å². The monoisotopic (exact) mass is 577 g/mol. The first kappa shape index (κ1) is 26.3. The summed E-state index contributed by atoms with van der Waals surface area (Å²) in [6.07, 6.45) is 0. The summed E-state index contributed by atoms with van der Waals surface area (Å²) in [7, 11) is 0. The molecule has 9 rings (SSSR count). The summed E-state index contributed by atoms with van der Waals surface area (Å²) in [4.78, 5) is 0. The van der Waals surface area contributed by atoms with Gasteiger partial charge < -0.3 is 4.57 Å². The van der Waals surface area contributed by atoms with Crippen molar-refractivity contribution in [3.8, 4) is 27.9 Å². The maximum absolute atomic E-state index is 2.49. The van der Waals surface area contributed by atoms with E-state index in [-0.39, 0.29) is 10.8 Å². The van der Waals surface area contributed by atoms with Gasteiger partial charge >= 0.3 is 0 Å². The second-order valence-electron chi connectivity index (χ2n) is 13.8. The molecule has 216 valence electrons. The Hall–Kier alpha value is -5.14. The van der Waals surface area contributed by atoms with Crippen molar-refractivity contribution >= 4 is 43.4 Å². The van der Waals surface area contributed by atoms with E-state index in [1.165, 1.54) is 82.4 Å². The predicted octanol–water partition coefficient (Wildman–Crippen LogP) is 12.0. The molecule has 1 aromatic heterocycles. The van der Waals surface area contributed by atoms with Crippen molar-refractivity contribution in [1.82, 2.24) is 4.57 Å². The lowest BCUT2D eigenvalue weighted by Gasteiger charge is -2.48. The van der Waals surface area contributed by atoms with Gasteiger partial charge in [-0.05, 0) is 96.1 Å². The number of aromatic nitrogens is 1. The van der Waals surface area contributed by atoms with E-state index in [1.54, 1.807) is 0 Å². The summed E-state index contributed by atoms with van der Waals surface area (Å²) in [6.45, 7) is 9.74. The smallest absolute Gasteiger partial charge is 0.0541 e. The number of hydrogen-bond donors (Lipinski definition) is 0. The van der Waals surface area contributed by atoms with Crippen molar-refractivity contribution in [3.05, 3.63) is 151 Å². The van der Waals surface area contributed by atoms with E-state index in [9.17, 15) is 0 Å². The third-order valence-electron chi connectivity index (χ3n) is 11.1. The molecule has 0 saturated carbocycles. The first-order chi connectivity index (χ1) is 21.8. The van der Waals surface area contributed by atoms with Crippen LogP contribution in [0, 0.1) is 0 Å². The molecule has 0 N–H and O–H groups in total. The molecule has 0 atom stereocenters. The van der Waals surface area contributed by atoms with Gasteiger partial charge in [0, 0.05) is 16.5 Å². The van der Waals surface area contributed by atoms with Gasteiger partial charge in [-0.1, -0.05) is 137 Å². The lowest BCUT2D eigenvalue weighted by Crippen LogP contribution is -2.43. The van der Waals surface area contributed by atoms with Crippen molar-refractivity contribution < 1.29 is 0 Å². The number of fused-ring (bicyclic) bond motifs is 10. The zero-order chi connectivity index (χ0) is 30.5. The van der Waals surface area contributed by atoms with Crippen molar-refractivity contribution in [2.45, 2.75) is 38.5 Å². The summed E-state index contributed by atoms with van der Waals surface area (Å²) in [6, 6.07) is 51.8. The average Bonchev–Trinajstić information content (AvgIpc) is 3.41. The number of benzene rings is 7. The minimum atomic E-state index is -0.0944. The summed E-state index contributed by atoms with van der Waals surface area (Å²) < 4.78 is 2.47. The predicted molar refractivity (Wildman–Crippen MR) is 193 cm³/mol. The van der Waals surface area contributed by atoms with Crippen LogP contribution < -0.4 is 0 Å². The van der Waals surface area contributed by atoms with Crippen LogP contribution in [0.4, 0.5) is 0 Å². The van der Waals surface area contributed by atoms with Crippen molar-refractivity contribution in [3.63, 3.8) is 0 Å². The fraction of sp³-hybridized carbons (Fsp3) is 0.136. The topological polar surface area (TPSA) is 4.93 Å². The lowest BCUT2D eigenvalue weighted by atomic mass is 9.55. The van der Waals surface area contributed by atoms with E-state index in [0.717, 1.165) is 0 Å². The molecular weight excluding hydrogens is 542 g/mol. The molecule has 0 amide bonds. The van der Waals surface area contributed by atoms with E-state index in [1.807, 2.05) is 0 Å². The lowest BCUT2D eigenvalue weighted by molar-refractivity contribution is 0.299. The van der Waals surface area contributed by atoms with Gasteiger partial charge in [-0.15, -0.1) is 0 Å². The van der Waals surface area contributed by atoms with Crippen LogP contribution in [0.3, 0.4) is 0 Å². The second kappa shape index (κ2) is 9.19. The molecule has 0 aliphatic heterocycles. The minimum Gasteiger partial charge on any atom is -0.309 e. The molecule has 0 bridgehead atoms. The normalized spacial score (nSPS) is 15.0. The van der Waals surface area contributed by atoms with Gasteiger partial charge in [-0.25, -0.2) is 0 Å². The Kier molecular flexibility index (Phi) is 5.37. The van der Waals surface area contributed by atoms with Gasteiger partial charge in [-0.2, -0.15) is 0 Å². The van der Waals surface area contributed by atoms with Crippen molar-refractivity contribution in [2.24, 2.45) is 0 Å². The highest BCUT2D eigenvalue weighted by molar-refractivity contribution is 6.16. The average molecular weight is 578 g/mol. The van der Waals surface area contributed by atoms with E-state index in [2.05, 4.69) is 172 Å². The van der Waals surface area contributed by atoms with Crippen LogP contribution in [0.5, 0.6) is 0 Å². The Morgan fingerprint density at radius 1 is 0.444 bits per heavy atom. The summed E-state index contributed by atoms with van der Waals surface area (Å²) in [5.41, 5.74) is 11.6. The molecule has 1 nitrogen and oxygen atoms in total. The van der Waals surface area contributed by atoms with Crippen LogP contribution in [0.15, 0.2) is 140 Å². The van der Waals surface area contributed by atoms with Crippen LogP contribution in [0.1, 0.15) is 38.8 Å². The number of hydrogen-bond acceptors (Lipinski definition) is 0. The second-order valence-corrected chi connectivity index (χ2v) is 13.8. The van der Waals surface area contributed by atoms with Gasteiger partial charge in [0.1, 0.15) is 0 Å². The third-order valence-corrected chi connectivity index (χ3v) is 11.1. The maximum Gasteiger partial charge on any atom is 0.0541 e. The minimum absolute atomic E-state index is 0.0789. The maximum atomic E-state index is 2.49. The van der Waals surface area contributed by atoms with Crippen LogP contribution >= 0.6 is 0 Å². The summed E-state index contributed by atoms with van der Waals surface area (Å²) >= 11 is 0. The Bertz CT molecular complexity index is 2470. The third kappa shape index (κ3) is 3.56. The van der Waals surface area contributed by atoms with Gasteiger partial charge in [0.05, 0.1) is 11.0 Å². The molecule has 45 heavy (non-hydrogen) atoms. The Morgan fingerprint density at radius 3 is 1.96 bits per heavy atom. The molecule has 8 aromatic rings. The Morgan fingerprint density at radius 2 is 1.11 bits per heavy atom. The van der Waals surface area contributed by atoms with E-state index in [0.29, 0.717) is 0 Å². The fourth-order valence-electron chi connectivity index (χ4n) is 8.04. The molecule has 1 heterocycles. The van der Waals surface area contributed by atoms with Crippen LogP contribution in [0.25, 0.3) is 71.3 Å². The Labute approximate surface area is 264 Å². The molecule has 1 aliphatic carbocycles. The van der Waals surface area contributed by atoms with Crippen LogP contribution in [-0.4, -0.2) is 4.57 Å². The van der Waals surface area contributed by atoms with E-state index >= 15 is 0 Å². The SMILES string of the molecule is CC1(C)c2cc(-n3c4ccccc4c4cc(-c5ccccc5)ccc43)ccc2-c2c(ccc3ccc4ccccc4c23)C1(C)C. The van der Waals surface area contributed by atoms with Gasteiger partial charge in [-0.3, -0.25) is 0 Å². The standard InChI is InChI=1S/C44H35N/c1-43(2)37-24-20-30-19-18-29-14-8-9-15-33(29)41(30)42(37)35-23-22-32(27-38(35)44(43,3)4)45-39-17-11-10-16-34(39)36-26-31(21-25-40(36)45)28-12-6-5-7-13-28/h5-27H,1-4H3. The Balaban J connectivity index is 1.34. The highest BCUT2D eigenvalue weighted by Crippen LogP contribution is 2.56. The first-order valence-electron chi connectivity index (χ1n) is 16.0. The van der Waals surface area contributed by atoms with Gasteiger partial charge in [0.2, 0.25) is 0 Å². The molecular formula is C44H35N. The quantitative estimate of drug-likeness (QED) is 0.180. The first-order valence-corrected chi connectivity index (χ1v) is 16.0. The van der Waals surface area contributed by atoms with Crippen molar-refractivity contribution in [2.75, 3.05) is 0 Å². The zero-order valence-electron chi connectivity index (χ0n) is 26.2. The molecule has 0 saturated heterocycles. The van der Waals surface area contributed by atoms with Gasteiger partial charge in [0.15, 0.2) is 0 Å². The highest BCUT2D eigenvalue weighted by atomic mass is 15.0. The number of nitrogens with zero attached hydrogens (tertiary/aromatic N) is 1. The molecule has 0 radical (unpaired) electrons. The van der Waals surface area contributed by atoms with Gasteiger partial charge in [0.25, 0.3) is 0 Å². The summed E-state index contributed by atoms with van der Waals surface area (Å²) in [5, 5.41) is 7.86. The molecule has 1 aliphatic rings. The molecule has 7 aromatic carbocycles. The fourth-order valence-corrected chi connectivity index (χ4v) is 8.04. The van der Waals surface area contributed by atoms with Crippen LogP contribution in [-0.2, 0) is 10.8 Å². The molecule has 1 heteroatoms. The van der Waals surface area contributed by atoms with E-state index in [4.69, 9.17) is 0 Å². The summed E-state index contributed by atoms with van der Waals surface area (Å²) in [5.74, 6) is 0. The number of rotatable bonds is 2. The molecule has 0 unspecified atom stereocenters. The molecule has 0 spiro atoms. The zero-order valence-corrected chi connectivity index (χ0v) is 26.2. The van der Waals surface area contributed by atoms with E-state index < -0.39 is 0 Å².